The van der Waals surface area contributed by atoms with Crippen molar-refractivity contribution in [2.45, 2.75) is 32.1 Å². The fourth-order valence-corrected chi connectivity index (χ4v) is 3.35. The van der Waals surface area contributed by atoms with Crippen molar-refractivity contribution in [2.75, 3.05) is 13.7 Å². The van der Waals surface area contributed by atoms with Crippen LogP contribution >= 0.6 is 0 Å². The molecule has 0 radical (unpaired) electrons. The maximum Gasteiger partial charge on any atom is 0.306 e. The third-order valence-corrected chi connectivity index (χ3v) is 4.26. The van der Waals surface area contributed by atoms with Gasteiger partial charge < -0.3 is 9.47 Å². The van der Waals surface area contributed by atoms with Crippen LogP contribution in [0, 0.1) is 0 Å². The Hall–Kier alpha value is -2.03. The third-order valence-electron chi connectivity index (χ3n) is 4.26. The summed E-state index contributed by atoms with van der Waals surface area (Å²) in [7, 11) is 1.71. The molecule has 0 spiro atoms. The molecule has 0 saturated heterocycles. The van der Waals surface area contributed by atoms with E-state index in [9.17, 15) is 4.79 Å². The molecule has 1 aliphatic rings. The predicted molar refractivity (Wildman–Crippen MR) is 82.8 cm³/mol. The number of carbonyl (C=O) groups is 1. The normalized spacial score (nSPS) is 16.8. The first kappa shape index (κ1) is 13.9. The van der Waals surface area contributed by atoms with Crippen LogP contribution in [0.3, 0.4) is 0 Å². The lowest BCUT2D eigenvalue weighted by Crippen LogP contribution is -2.15. The number of aryl methyl sites for hydroxylation is 1. The quantitative estimate of drug-likeness (QED) is 0.800. The highest BCUT2D eigenvalue weighted by Crippen LogP contribution is 2.42. The molecule has 0 aromatic heterocycles. The summed E-state index contributed by atoms with van der Waals surface area (Å²) < 4.78 is 10.6. The van der Waals surface area contributed by atoms with E-state index >= 15 is 0 Å². The molecule has 110 valence electrons. The molecule has 3 nitrogen and oxygen atoms in total. The van der Waals surface area contributed by atoms with Crippen LogP contribution in [0.2, 0.25) is 0 Å². The Balaban J connectivity index is 2.05. The second kappa shape index (κ2) is 5.76. The summed E-state index contributed by atoms with van der Waals surface area (Å²) in [6.45, 7) is 2.29. The van der Waals surface area contributed by atoms with E-state index in [0.29, 0.717) is 13.0 Å². The van der Waals surface area contributed by atoms with Crippen molar-refractivity contribution in [1.82, 2.24) is 0 Å². The van der Waals surface area contributed by atoms with Gasteiger partial charge in [-0.25, -0.2) is 0 Å². The highest BCUT2D eigenvalue weighted by molar-refractivity contribution is 5.92. The Morgan fingerprint density at radius 1 is 1.29 bits per heavy atom. The molecule has 2 aromatic carbocycles. The molecule has 0 bridgehead atoms. The Bertz CT molecular complexity index is 675. The molecule has 0 aliphatic heterocycles. The molecule has 3 rings (SSSR count). The Morgan fingerprint density at radius 3 is 2.90 bits per heavy atom. The largest absolute Gasteiger partial charge is 0.496 e. The van der Waals surface area contributed by atoms with Gasteiger partial charge >= 0.3 is 5.97 Å². The molecule has 1 aliphatic carbocycles. The smallest absolute Gasteiger partial charge is 0.306 e. The molecular weight excluding hydrogens is 264 g/mol. The van der Waals surface area contributed by atoms with Gasteiger partial charge in [0.1, 0.15) is 5.75 Å². The molecule has 0 fully saturated rings. The van der Waals surface area contributed by atoms with Crippen molar-refractivity contribution in [2.24, 2.45) is 0 Å². The van der Waals surface area contributed by atoms with Gasteiger partial charge in [0.15, 0.2) is 0 Å². The van der Waals surface area contributed by atoms with E-state index in [4.69, 9.17) is 9.47 Å². The monoisotopic (exact) mass is 284 g/mol. The van der Waals surface area contributed by atoms with Crippen molar-refractivity contribution < 1.29 is 14.3 Å². The van der Waals surface area contributed by atoms with Gasteiger partial charge in [-0.2, -0.15) is 0 Å². The van der Waals surface area contributed by atoms with Crippen LogP contribution in [0.15, 0.2) is 30.3 Å². The van der Waals surface area contributed by atoms with Gasteiger partial charge in [-0.05, 0) is 48.1 Å². The fourth-order valence-electron chi connectivity index (χ4n) is 3.35. The van der Waals surface area contributed by atoms with Crippen LogP contribution in [0.4, 0.5) is 0 Å². The zero-order chi connectivity index (χ0) is 14.8. The fraction of sp³-hybridized carbons (Fsp3) is 0.389. The van der Waals surface area contributed by atoms with Crippen LogP contribution in [-0.4, -0.2) is 19.7 Å². The van der Waals surface area contributed by atoms with E-state index < -0.39 is 0 Å². The van der Waals surface area contributed by atoms with Crippen molar-refractivity contribution in [3.8, 4) is 5.75 Å². The summed E-state index contributed by atoms with van der Waals surface area (Å²) in [5.41, 5.74) is 2.52. The first-order valence-electron chi connectivity index (χ1n) is 7.48. The minimum atomic E-state index is -0.106. The molecule has 0 amide bonds. The number of hydrogen-bond acceptors (Lipinski definition) is 3. The minimum Gasteiger partial charge on any atom is -0.496 e. The lowest BCUT2D eigenvalue weighted by Gasteiger charge is -2.26. The van der Waals surface area contributed by atoms with E-state index in [1.807, 2.05) is 13.0 Å². The zero-order valence-corrected chi connectivity index (χ0v) is 12.5. The highest BCUT2D eigenvalue weighted by atomic mass is 16.5. The molecule has 0 N–H and O–H groups in total. The van der Waals surface area contributed by atoms with E-state index in [1.54, 1.807) is 7.11 Å². The van der Waals surface area contributed by atoms with Crippen LogP contribution in [0.25, 0.3) is 10.8 Å². The first-order valence-corrected chi connectivity index (χ1v) is 7.48. The summed E-state index contributed by atoms with van der Waals surface area (Å²) in [6, 6.07) is 10.4. The number of rotatable bonds is 4. The number of methoxy groups -OCH3 is 1. The molecule has 0 saturated carbocycles. The van der Waals surface area contributed by atoms with Crippen LogP contribution < -0.4 is 4.74 Å². The SMILES string of the molecule is CCOC(=O)CC1CCc2c(OC)ccc3cccc1c23. The van der Waals surface area contributed by atoms with Crippen LogP contribution in [-0.2, 0) is 16.0 Å². The van der Waals surface area contributed by atoms with Gasteiger partial charge in [0.2, 0.25) is 0 Å². The highest BCUT2D eigenvalue weighted by Gasteiger charge is 2.26. The number of carbonyl (C=O) groups excluding carboxylic acids is 1. The summed E-state index contributed by atoms with van der Waals surface area (Å²) in [4.78, 5) is 11.8. The van der Waals surface area contributed by atoms with Gasteiger partial charge in [0, 0.05) is 5.56 Å². The topological polar surface area (TPSA) is 35.5 Å². The Labute approximate surface area is 124 Å². The molecule has 0 heterocycles. The van der Waals surface area contributed by atoms with Gasteiger partial charge in [-0.1, -0.05) is 24.3 Å². The summed E-state index contributed by atoms with van der Waals surface area (Å²) >= 11 is 0. The van der Waals surface area contributed by atoms with E-state index in [-0.39, 0.29) is 11.9 Å². The van der Waals surface area contributed by atoms with E-state index in [2.05, 4.69) is 24.3 Å². The van der Waals surface area contributed by atoms with Crippen molar-refractivity contribution in [3.05, 3.63) is 41.5 Å². The van der Waals surface area contributed by atoms with Gasteiger partial charge in [-0.15, -0.1) is 0 Å². The number of benzene rings is 2. The molecule has 1 unspecified atom stereocenters. The predicted octanol–water partition coefficient (Wildman–Crippen LogP) is 3.83. The van der Waals surface area contributed by atoms with Crippen LogP contribution in [0.1, 0.15) is 36.8 Å². The maximum absolute atomic E-state index is 11.8. The number of ether oxygens (including phenoxy) is 2. The Morgan fingerprint density at radius 2 is 2.14 bits per heavy atom. The van der Waals surface area contributed by atoms with Gasteiger partial charge in [-0.3, -0.25) is 4.79 Å². The summed E-state index contributed by atoms with van der Waals surface area (Å²) in [5.74, 6) is 1.09. The lowest BCUT2D eigenvalue weighted by atomic mass is 9.79. The van der Waals surface area contributed by atoms with Gasteiger partial charge in [0.05, 0.1) is 20.1 Å². The average molecular weight is 284 g/mol. The van der Waals surface area contributed by atoms with Crippen molar-refractivity contribution >= 4 is 16.7 Å². The van der Waals surface area contributed by atoms with Crippen LogP contribution in [0.5, 0.6) is 5.75 Å². The summed E-state index contributed by atoms with van der Waals surface area (Å²) in [6.07, 6.45) is 2.37. The molecular formula is C18H20O3. The number of esters is 1. The standard InChI is InChI=1S/C18H20O3/c1-3-21-17(19)11-13-7-9-15-16(20-2)10-8-12-5-4-6-14(13)18(12)15/h4-6,8,10,13H,3,7,9,11H2,1-2H3. The van der Waals surface area contributed by atoms with Crippen molar-refractivity contribution in [1.29, 1.82) is 0 Å². The molecule has 2 aromatic rings. The summed E-state index contributed by atoms with van der Waals surface area (Å²) in [5, 5.41) is 2.48. The minimum absolute atomic E-state index is 0.106. The van der Waals surface area contributed by atoms with E-state index in [0.717, 1.165) is 18.6 Å². The third kappa shape index (κ3) is 2.48. The maximum atomic E-state index is 11.8. The molecule has 3 heteroatoms. The second-order valence-corrected chi connectivity index (χ2v) is 5.44. The zero-order valence-electron chi connectivity index (χ0n) is 12.5. The van der Waals surface area contributed by atoms with E-state index in [1.165, 1.54) is 21.9 Å². The lowest BCUT2D eigenvalue weighted by molar-refractivity contribution is -0.143. The van der Waals surface area contributed by atoms with Crippen molar-refractivity contribution in [3.63, 3.8) is 0 Å². The molecule has 1 atom stereocenters. The Kier molecular flexibility index (Phi) is 3.82. The first-order chi connectivity index (χ1) is 10.2. The second-order valence-electron chi connectivity index (χ2n) is 5.44. The van der Waals surface area contributed by atoms with Gasteiger partial charge in [0.25, 0.3) is 0 Å². The molecule has 21 heavy (non-hydrogen) atoms. The average Bonchev–Trinajstić information content (AvgIpc) is 2.50. The number of hydrogen-bond donors (Lipinski definition) is 0.